The molecule has 0 aliphatic carbocycles. The van der Waals surface area contributed by atoms with Gasteiger partial charge in [-0.05, 0) is 5.56 Å². The average molecular weight is 620 g/mol. The van der Waals surface area contributed by atoms with Crippen LogP contribution in [0.25, 0.3) is 0 Å². The van der Waals surface area contributed by atoms with Gasteiger partial charge in [-0.25, -0.2) is 0 Å². The maximum absolute atomic E-state index is 12.1. The molecule has 152 valence electrons. The number of hydrogen-bond donors (Lipinski definition) is 5. The molecule has 27 heavy (non-hydrogen) atoms. The molecule has 0 fully saturated rings. The molecule has 5 N–H and O–H groups in total. The summed E-state index contributed by atoms with van der Waals surface area (Å²) in [5, 5.41) is 17.6. The fraction of sp³-hybridized carbons (Fsp3) is 0.312. The summed E-state index contributed by atoms with van der Waals surface area (Å²) in [4.78, 5) is 56.0. The van der Waals surface area contributed by atoms with Crippen LogP contribution in [0.3, 0.4) is 0 Å². The van der Waals surface area contributed by atoms with Crippen molar-refractivity contribution in [2.75, 3.05) is 19.6 Å². The van der Waals surface area contributed by atoms with Gasteiger partial charge in [0.1, 0.15) is 12.6 Å². The van der Waals surface area contributed by atoms with E-state index in [0.717, 1.165) is 5.56 Å². The van der Waals surface area contributed by atoms with Crippen molar-refractivity contribution in [3.63, 3.8) is 0 Å². The van der Waals surface area contributed by atoms with Gasteiger partial charge in [-0.2, -0.15) is 6.41 Å². The smallest absolute Gasteiger partial charge is 0.322 e. The summed E-state index contributed by atoms with van der Waals surface area (Å²) in [6.45, 7) is -1.31. The summed E-state index contributed by atoms with van der Waals surface area (Å²) >= 11 is 0. The van der Waals surface area contributed by atoms with Gasteiger partial charge in [-0.1, -0.05) is 30.3 Å². The number of aliphatic carboxylic acids is 1. The van der Waals surface area contributed by atoms with Crippen LogP contribution in [-0.2, 0) is 30.4 Å². The minimum Gasteiger partial charge on any atom is -0.522 e. The Labute approximate surface area is 149 Å². The zero-order chi connectivity index (χ0) is 19.4. The van der Waals surface area contributed by atoms with Gasteiger partial charge in [-0.15, -0.1) is 0 Å². The van der Waals surface area contributed by atoms with Crippen LogP contribution < -0.4 is 21.3 Å². The molecule has 11 heteroatoms. The van der Waals surface area contributed by atoms with Crippen LogP contribution in [0.15, 0.2) is 30.3 Å². The molecule has 10 nitrogen and oxygen atoms in total. The number of amides is 4. The summed E-state index contributed by atoms with van der Waals surface area (Å²) in [5.74, 6) is -3.11. The van der Waals surface area contributed by atoms with Crippen LogP contribution in [-0.4, -0.2) is 60.9 Å². The number of carboxylic acid groups (broad SMARTS) is 1. The number of rotatable bonds is 11. The molecule has 0 bridgehead atoms. The molecule has 1 unspecified atom stereocenters. The van der Waals surface area contributed by atoms with Crippen LogP contribution in [0.1, 0.15) is 5.56 Å². The van der Waals surface area contributed by atoms with E-state index >= 15 is 0 Å². The van der Waals surface area contributed by atoms with Gasteiger partial charge in [0.2, 0.25) is 17.7 Å². The Morgan fingerprint density at radius 2 is 1.63 bits per heavy atom. The number of carboxylic acids is 1. The molecule has 4 amide bonds. The number of carbonyl (C=O) groups is 4. The van der Waals surface area contributed by atoms with Gasteiger partial charge in [-0.3, -0.25) is 19.2 Å². The zero-order valence-corrected chi connectivity index (χ0v) is 16.5. The standard InChI is InChI=1S/C16H19N4O6.Fm/c21-10-17-7-13(22)18-8-14(23)20-12(16(26)19-9-15(24)25)6-11-4-2-1-3-5-11;/h1-5,12H,6-9H2,(H,17,21)(H,18,22)(H,19,26)(H,20,23)(H,24,25);/q-1;. The largest absolute Gasteiger partial charge is 0.522 e. The van der Waals surface area contributed by atoms with Gasteiger partial charge >= 0.3 is 5.97 Å². The minimum absolute atomic E-state index is 0. The Morgan fingerprint density at radius 1 is 0.963 bits per heavy atom. The number of carbonyl (C=O) groups excluding carboxylic acids is 4. The van der Waals surface area contributed by atoms with Crippen molar-refractivity contribution in [3.8, 4) is 0 Å². The molecule has 0 saturated heterocycles. The second kappa shape index (κ2) is 12.0. The number of benzene rings is 1. The molecule has 0 aliphatic rings. The maximum Gasteiger partial charge on any atom is 0.322 e. The summed E-state index contributed by atoms with van der Waals surface area (Å²) < 4.78 is 0. The molecule has 0 radical (unpaired) electrons. The normalized spacial score (nSPS) is 10.5. The van der Waals surface area contributed by atoms with Crippen LogP contribution >= 0.6 is 0 Å². The molecule has 1 rings (SSSR count). The van der Waals surface area contributed by atoms with E-state index in [1.54, 1.807) is 30.3 Å². The molecule has 0 heterocycles. The first kappa shape index (κ1) is 22.6. The van der Waals surface area contributed by atoms with Gasteiger partial charge in [0, 0.05) is 6.42 Å². The number of hydrogen-bond acceptors (Lipinski definition) is 5. The van der Waals surface area contributed by atoms with Crippen molar-refractivity contribution in [3.05, 3.63) is 35.9 Å². The average Bonchev–Trinajstić information content (AvgIpc) is 2.63. The van der Waals surface area contributed by atoms with Crippen LogP contribution in [0.2, 0.25) is 0 Å². The maximum atomic E-state index is 12.1. The first-order valence-corrected chi connectivity index (χ1v) is 7.62. The first-order chi connectivity index (χ1) is 12.4. The summed E-state index contributed by atoms with van der Waals surface area (Å²) in [7, 11) is 0. The molecule has 1 aromatic carbocycles. The van der Waals surface area contributed by atoms with E-state index in [0.29, 0.717) is 0 Å². The van der Waals surface area contributed by atoms with Crippen molar-refractivity contribution < 1.29 is 29.1 Å². The van der Waals surface area contributed by atoms with E-state index in [1.807, 2.05) is 5.32 Å². The SMILES string of the molecule is O=[C-]NCC(=O)NCC(=O)NC(Cc1ccccc1)C(=O)NCC(=O)O.[Fm]. The van der Waals surface area contributed by atoms with Crippen molar-refractivity contribution >= 4 is 30.1 Å². The van der Waals surface area contributed by atoms with E-state index in [-0.39, 0.29) is 13.0 Å². The monoisotopic (exact) mass is 620 g/mol. The van der Waals surface area contributed by atoms with E-state index in [1.165, 1.54) is 6.41 Å². The Bertz CT molecular complexity index is 656. The Hall–Kier alpha value is -4.43. The van der Waals surface area contributed by atoms with E-state index < -0.39 is 42.8 Å². The van der Waals surface area contributed by atoms with Crippen molar-refractivity contribution in [1.82, 2.24) is 21.3 Å². The summed E-state index contributed by atoms with van der Waals surface area (Å²) in [5.41, 5.74) is 0.762. The topological polar surface area (TPSA) is 154 Å². The molecule has 1 aromatic rings. The van der Waals surface area contributed by atoms with Gasteiger partial charge in [0.15, 0.2) is 0 Å². The third kappa shape index (κ3) is 9.45. The molecule has 0 aromatic heterocycles. The van der Waals surface area contributed by atoms with Gasteiger partial charge in [0.05, 0.1) is 13.1 Å². The third-order valence-electron chi connectivity index (χ3n) is 3.12. The third-order valence-corrected chi connectivity index (χ3v) is 3.12. The Morgan fingerprint density at radius 3 is 2.22 bits per heavy atom. The molecular weight excluding hydrogens is 601 g/mol. The predicted octanol–water partition coefficient (Wildman–Crippen LogP) is -2.31. The minimum atomic E-state index is -1.21. The molecular formula is C16H19FmN4O6-. The first-order valence-electron chi connectivity index (χ1n) is 7.62. The fourth-order valence-electron chi connectivity index (χ4n) is 1.95. The van der Waals surface area contributed by atoms with E-state index in [2.05, 4.69) is 16.0 Å². The molecule has 1 atom stereocenters. The fourth-order valence-corrected chi connectivity index (χ4v) is 1.95. The van der Waals surface area contributed by atoms with Crippen LogP contribution in [0.5, 0.6) is 0 Å². The second-order valence-electron chi connectivity index (χ2n) is 5.15. The van der Waals surface area contributed by atoms with Crippen molar-refractivity contribution in [2.45, 2.75) is 12.5 Å². The molecule has 0 spiro atoms. The van der Waals surface area contributed by atoms with Crippen LogP contribution in [0.4, 0.5) is 0 Å². The van der Waals surface area contributed by atoms with Crippen molar-refractivity contribution in [2.24, 2.45) is 0 Å². The van der Waals surface area contributed by atoms with Gasteiger partial charge < -0.3 is 31.2 Å². The predicted molar refractivity (Wildman–Crippen MR) is 89.4 cm³/mol. The van der Waals surface area contributed by atoms with Crippen molar-refractivity contribution in [1.29, 1.82) is 0 Å². The molecule has 0 aliphatic heterocycles. The van der Waals surface area contributed by atoms with E-state index in [4.69, 9.17) is 5.11 Å². The number of nitrogens with one attached hydrogen (secondary N) is 4. The van der Waals surface area contributed by atoms with E-state index in [9.17, 15) is 24.0 Å². The Kier molecular flexibility index (Phi) is 10.0. The van der Waals surface area contributed by atoms with Crippen LogP contribution in [0, 0.1) is 0 Å². The van der Waals surface area contributed by atoms with Gasteiger partial charge in [0.25, 0.3) is 0 Å². The second-order valence-corrected chi connectivity index (χ2v) is 5.15. The zero-order valence-electron chi connectivity index (χ0n) is 14.1. The summed E-state index contributed by atoms with van der Waals surface area (Å²) in [6.07, 6.45) is 1.47. The molecule has 0 saturated carbocycles. The quantitative estimate of drug-likeness (QED) is 0.139. The summed E-state index contributed by atoms with van der Waals surface area (Å²) in [6, 6.07) is 7.83. The Balaban J connectivity index is 0.00000676.